The maximum Gasteiger partial charge on any atom is 0.417 e. The summed E-state index contributed by atoms with van der Waals surface area (Å²) < 4.78 is 79.8. The fraction of sp³-hybridized carbons (Fsp3) is 0.391. The van der Waals surface area contributed by atoms with E-state index in [-0.39, 0.29) is 30.8 Å². The zero-order valence-electron chi connectivity index (χ0n) is 19.4. The highest BCUT2D eigenvalue weighted by Gasteiger charge is 2.39. The number of carboxylic acids is 1. The van der Waals surface area contributed by atoms with Crippen molar-refractivity contribution in [2.24, 2.45) is 0 Å². The largest absolute Gasteiger partial charge is 0.486 e. The molecule has 1 atom stereocenters. The molecule has 1 aromatic carbocycles. The van der Waals surface area contributed by atoms with E-state index in [0.29, 0.717) is 17.8 Å². The van der Waals surface area contributed by atoms with Gasteiger partial charge in [-0.3, -0.25) is 9.10 Å². The van der Waals surface area contributed by atoms with E-state index in [9.17, 15) is 26.4 Å². The molecule has 0 radical (unpaired) electrons. The Kier molecular flexibility index (Phi) is 8.14. The maximum atomic E-state index is 13.8. The number of aromatic nitrogens is 1. The number of aliphatic carboxylic acids is 1. The van der Waals surface area contributed by atoms with E-state index in [1.165, 1.54) is 12.1 Å². The Morgan fingerprint density at radius 2 is 2.03 bits per heavy atom. The molecule has 3 rings (SSSR count). The third kappa shape index (κ3) is 6.26. The van der Waals surface area contributed by atoms with Crippen LogP contribution in [0, 0.1) is 0 Å². The lowest BCUT2D eigenvalue weighted by molar-refractivity contribution is -0.138. The number of alkyl halides is 3. The SMILES string of the molecule is CC(C)=Cc1ccc2c(c1)N(S(=O)(=O)c1cc(C(F)(F)F)cnc1OCCO)C[C@H](CCC(=O)O)O2. The number of fused-ring (bicyclic) bond motifs is 1. The molecule has 1 aliphatic rings. The smallest absolute Gasteiger partial charge is 0.417 e. The number of aliphatic hydroxyl groups is 1. The number of anilines is 1. The van der Waals surface area contributed by atoms with Gasteiger partial charge in [-0.2, -0.15) is 13.2 Å². The Morgan fingerprint density at radius 1 is 1.31 bits per heavy atom. The number of benzene rings is 1. The molecule has 0 fully saturated rings. The van der Waals surface area contributed by atoms with Gasteiger partial charge in [0.1, 0.15) is 18.5 Å². The van der Waals surface area contributed by atoms with E-state index in [2.05, 4.69) is 4.98 Å². The van der Waals surface area contributed by atoms with Crippen LogP contribution in [-0.2, 0) is 21.0 Å². The third-order valence-electron chi connectivity index (χ3n) is 5.09. The first kappa shape index (κ1) is 27.3. The number of ether oxygens (including phenoxy) is 2. The Bertz CT molecular complexity index is 1260. The molecule has 2 aromatic rings. The number of aliphatic hydroxyl groups excluding tert-OH is 1. The van der Waals surface area contributed by atoms with Gasteiger partial charge in [0.15, 0.2) is 4.90 Å². The summed E-state index contributed by atoms with van der Waals surface area (Å²) in [7, 11) is -4.72. The minimum atomic E-state index is -4.88. The first-order chi connectivity index (χ1) is 16.8. The third-order valence-corrected chi connectivity index (χ3v) is 6.87. The van der Waals surface area contributed by atoms with Crippen molar-refractivity contribution in [1.82, 2.24) is 4.98 Å². The zero-order chi connectivity index (χ0) is 26.7. The molecular weight excluding hydrogens is 505 g/mol. The van der Waals surface area contributed by atoms with Gasteiger partial charge in [0.25, 0.3) is 10.0 Å². The maximum absolute atomic E-state index is 13.8. The number of hydrogen-bond acceptors (Lipinski definition) is 7. The van der Waals surface area contributed by atoms with Crippen molar-refractivity contribution < 1.29 is 46.1 Å². The summed E-state index contributed by atoms with van der Waals surface area (Å²) in [6, 6.07) is 5.14. The predicted molar refractivity (Wildman–Crippen MR) is 123 cm³/mol. The Balaban J connectivity index is 2.18. The van der Waals surface area contributed by atoms with Gasteiger partial charge in [0, 0.05) is 12.6 Å². The van der Waals surface area contributed by atoms with Gasteiger partial charge in [-0.1, -0.05) is 17.7 Å². The van der Waals surface area contributed by atoms with Gasteiger partial charge in [0.05, 0.1) is 24.4 Å². The van der Waals surface area contributed by atoms with Crippen molar-refractivity contribution in [3.05, 3.63) is 47.2 Å². The quantitative estimate of drug-likeness (QED) is 0.503. The molecule has 2 heterocycles. The van der Waals surface area contributed by atoms with Crippen LogP contribution in [0.2, 0.25) is 0 Å². The molecule has 0 spiro atoms. The molecule has 36 heavy (non-hydrogen) atoms. The van der Waals surface area contributed by atoms with Crippen LogP contribution in [0.15, 0.2) is 40.9 Å². The summed E-state index contributed by atoms with van der Waals surface area (Å²) in [6.07, 6.45) is -3.87. The standard InChI is InChI=1S/C23H25F3N2O7S/c1-14(2)9-15-3-5-19-18(10-15)28(13-17(35-19)4-6-21(30)31)36(32,33)20-11-16(23(24,25)26)12-27-22(20)34-8-7-29/h3,5,9-12,17,29H,4,6-8,13H2,1-2H3,(H,30,31)/t17-/m0/s1. The second kappa shape index (κ2) is 10.7. The van der Waals surface area contributed by atoms with Crippen LogP contribution >= 0.6 is 0 Å². The van der Waals surface area contributed by atoms with Gasteiger partial charge in [-0.25, -0.2) is 13.4 Å². The first-order valence-corrected chi connectivity index (χ1v) is 12.3. The van der Waals surface area contributed by atoms with Crippen molar-refractivity contribution in [2.45, 2.75) is 43.9 Å². The van der Waals surface area contributed by atoms with Crippen LogP contribution in [0.25, 0.3) is 6.08 Å². The van der Waals surface area contributed by atoms with E-state index >= 15 is 0 Å². The van der Waals surface area contributed by atoms with Crippen molar-refractivity contribution in [1.29, 1.82) is 0 Å². The number of carboxylic acid groups (broad SMARTS) is 1. The molecule has 2 N–H and O–H groups in total. The summed E-state index contributed by atoms with van der Waals surface area (Å²) in [6.45, 7) is 2.41. The number of nitrogens with zero attached hydrogens (tertiary/aromatic N) is 2. The predicted octanol–water partition coefficient (Wildman–Crippen LogP) is 3.72. The molecule has 9 nitrogen and oxygen atoms in total. The van der Waals surface area contributed by atoms with Gasteiger partial charge in [-0.05, 0) is 44.0 Å². The molecule has 0 saturated heterocycles. The number of pyridine rings is 1. The number of carbonyl (C=O) groups is 1. The van der Waals surface area contributed by atoms with Crippen LogP contribution in [-0.4, -0.2) is 55.4 Å². The summed E-state index contributed by atoms with van der Waals surface area (Å²) in [4.78, 5) is 13.8. The molecular formula is C23H25F3N2O7S. The average Bonchev–Trinajstić information content (AvgIpc) is 2.79. The number of hydrogen-bond donors (Lipinski definition) is 2. The zero-order valence-corrected chi connectivity index (χ0v) is 20.3. The van der Waals surface area contributed by atoms with E-state index in [0.717, 1.165) is 9.88 Å². The summed E-state index contributed by atoms with van der Waals surface area (Å²) in [5, 5.41) is 18.1. The van der Waals surface area contributed by atoms with Crippen molar-refractivity contribution in [3.63, 3.8) is 0 Å². The second-order valence-corrected chi connectivity index (χ2v) is 10.1. The molecule has 1 aromatic heterocycles. The summed E-state index contributed by atoms with van der Waals surface area (Å²) >= 11 is 0. The van der Waals surface area contributed by atoms with Gasteiger partial charge < -0.3 is 19.7 Å². The molecule has 13 heteroatoms. The fourth-order valence-electron chi connectivity index (χ4n) is 3.56. The Morgan fingerprint density at radius 3 is 2.64 bits per heavy atom. The van der Waals surface area contributed by atoms with E-state index in [4.69, 9.17) is 19.7 Å². The van der Waals surface area contributed by atoms with Crippen LogP contribution in [0.3, 0.4) is 0 Å². The molecule has 0 aliphatic carbocycles. The highest BCUT2D eigenvalue weighted by molar-refractivity contribution is 7.93. The normalized spacial score (nSPS) is 15.6. The van der Waals surface area contributed by atoms with Crippen LogP contribution in [0.5, 0.6) is 11.6 Å². The number of rotatable bonds is 9. The lowest BCUT2D eigenvalue weighted by Gasteiger charge is -2.35. The topological polar surface area (TPSA) is 126 Å². The van der Waals surface area contributed by atoms with Gasteiger partial charge >= 0.3 is 12.1 Å². The molecule has 1 aliphatic heterocycles. The van der Waals surface area contributed by atoms with Crippen molar-refractivity contribution >= 4 is 27.8 Å². The monoisotopic (exact) mass is 530 g/mol. The lowest BCUT2D eigenvalue weighted by Crippen LogP contribution is -2.44. The minimum Gasteiger partial charge on any atom is -0.486 e. The molecule has 0 saturated carbocycles. The highest BCUT2D eigenvalue weighted by Crippen LogP contribution is 2.41. The first-order valence-electron chi connectivity index (χ1n) is 10.8. The van der Waals surface area contributed by atoms with E-state index in [1.807, 2.05) is 13.8 Å². The Hall–Kier alpha value is -3.32. The number of sulfonamides is 1. The van der Waals surface area contributed by atoms with Crippen LogP contribution in [0.1, 0.15) is 37.8 Å². The molecule has 196 valence electrons. The van der Waals surface area contributed by atoms with E-state index in [1.54, 1.807) is 12.1 Å². The van der Waals surface area contributed by atoms with Gasteiger partial charge in [0.2, 0.25) is 5.88 Å². The van der Waals surface area contributed by atoms with Crippen LogP contribution < -0.4 is 13.8 Å². The fourth-order valence-corrected chi connectivity index (χ4v) is 5.17. The molecule has 0 unspecified atom stereocenters. The second-order valence-electron chi connectivity index (χ2n) is 8.25. The molecule has 0 bridgehead atoms. The van der Waals surface area contributed by atoms with E-state index < -0.39 is 57.8 Å². The Labute approximate surface area is 205 Å². The number of allylic oxidation sites excluding steroid dienone is 1. The van der Waals surface area contributed by atoms with Gasteiger partial charge in [-0.15, -0.1) is 0 Å². The summed E-state index contributed by atoms with van der Waals surface area (Å²) in [5.41, 5.74) is 0.316. The van der Waals surface area contributed by atoms with Crippen molar-refractivity contribution in [3.8, 4) is 11.6 Å². The summed E-state index contributed by atoms with van der Waals surface area (Å²) in [5.74, 6) is -1.59. The minimum absolute atomic E-state index is 0.0365. The van der Waals surface area contributed by atoms with Crippen LogP contribution in [0.4, 0.5) is 18.9 Å². The average molecular weight is 531 g/mol. The number of halogens is 3. The highest BCUT2D eigenvalue weighted by atomic mass is 32.2. The molecule has 0 amide bonds. The lowest BCUT2D eigenvalue weighted by atomic mass is 10.1. The van der Waals surface area contributed by atoms with Crippen molar-refractivity contribution in [2.75, 3.05) is 24.1 Å².